The summed E-state index contributed by atoms with van der Waals surface area (Å²) in [5, 5.41) is 4.85. The van der Waals surface area contributed by atoms with E-state index < -0.39 is 29.2 Å². The van der Waals surface area contributed by atoms with Crippen molar-refractivity contribution in [1.29, 1.82) is 0 Å². The van der Waals surface area contributed by atoms with Crippen molar-refractivity contribution in [3.05, 3.63) is 35.9 Å². The van der Waals surface area contributed by atoms with E-state index in [9.17, 15) is 14.4 Å². The van der Waals surface area contributed by atoms with Gasteiger partial charge < -0.3 is 15.4 Å². The van der Waals surface area contributed by atoms with Gasteiger partial charge in [-0.15, -0.1) is 12.6 Å². The third-order valence-corrected chi connectivity index (χ3v) is 4.07. The lowest BCUT2D eigenvalue weighted by Gasteiger charge is -2.24. The minimum atomic E-state index is -0.805. The maximum Gasteiger partial charge on any atom is 0.408 e. The molecular weight excluding hydrogens is 352 g/mol. The summed E-state index contributed by atoms with van der Waals surface area (Å²) in [6.07, 6.45) is -0.197. The molecule has 0 aliphatic heterocycles. The third-order valence-electron chi connectivity index (χ3n) is 3.76. The fourth-order valence-electron chi connectivity index (χ4n) is 2.38. The molecular formula is C19H28N2O4S. The molecule has 0 aliphatic carbocycles. The van der Waals surface area contributed by atoms with E-state index in [2.05, 4.69) is 23.3 Å². The van der Waals surface area contributed by atoms with Gasteiger partial charge in [-0.05, 0) is 23.8 Å². The zero-order valence-corrected chi connectivity index (χ0v) is 16.6. The van der Waals surface area contributed by atoms with Gasteiger partial charge in [-0.3, -0.25) is 9.59 Å². The first-order valence-electron chi connectivity index (χ1n) is 8.71. The number of hydrogen-bond donors (Lipinski definition) is 3. The molecule has 2 amide bonds. The van der Waals surface area contributed by atoms with Gasteiger partial charge in [0, 0.05) is 0 Å². The van der Waals surface area contributed by atoms with Gasteiger partial charge >= 0.3 is 6.09 Å². The summed E-state index contributed by atoms with van der Waals surface area (Å²) in [5.41, 5.74) is 0.853. The molecule has 144 valence electrons. The Balaban J connectivity index is 2.64. The maximum absolute atomic E-state index is 12.5. The molecule has 7 heteroatoms. The summed E-state index contributed by atoms with van der Waals surface area (Å²) in [7, 11) is 0. The van der Waals surface area contributed by atoms with Crippen LogP contribution in [0.4, 0.5) is 4.79 Å². The molecule has 6 nitrogen and oxygen atoms in total. The number of amides is 2. The van der Waals surface area contributed by atoms with E-state index in [4.69, 9.17) is 4.74 Å². The number of nitrogens with one attached hydrogen (secondary N) is 2. The number of hydrogen-bond acceptors (Lipinski definition) is 4. The number of benzene rings is 1. The summed E-state index contributed by atoms with van der Waals surface area (Å²) < 4.78 is 5.16. The van der Waals surface area contributed by atoms with Crippen LogP contribution in [-0.4, -0.2) is 29.2 Å². The van der Waals surface area contributed by atoms with E-state index in [1.165, 1.54) is 0 Å². The molecule has 1 aromatic rings. The number of carbonyl (C=O) groups is 3. The van der Waals surface area contributed by atoms with Crippen LogP contribution in [0.5, 0.6) is 0 Å². The Morgan fingerprint density at radius 3 is 2.15 bits per heavy atom. The molecule has 0 heterocycles. The molecule has 0 fully saturated rings. The molecule has 2 atom stereocenters. The Labute approximate surface area is 160 Å². The van der Waals surface area contributed by atoms with Crippen molar-refractivity contribution in [2.75, 3.05) is 0 Å². The van der Waals surface area contributed by atoms with Crippen molar-refractivity contribution in [1.82, 2.24) is 10.6 Å². The number of thiol groups is 1. The average molecular weight is 381 g/mol. The van der Waals surface area contributed by atoms with E-state index in [0.29, 0.717) is 6.42 Å². The van der Waals surface area contributed by atoms with Gasteiger partial charge in [-0.1, -0.05) is 58.0 Å². The predicted molar refractivity (Wildman–Crippen MR) is 104 cm³/mol. The summed E-state index contributed by atoms with van der Waals surface area (Å²) in [6.45, 7) is 7.64. The molecule has 0 saturated heterocycles. The molecule has 0 aromatic heterocycles. The van der Waals surface area contributed by atoms with Crippen LogP contribution in [0, 0.1) is 11.8 Å². The van der Waals surface area contributed by atoms with Crippen LogP contribution in [-0.2, 0) is 20.9 Å². The quantitative estimate of drug-likeness (QED) is 0.575. The topological polar surface area (TPSA) is 84.5 Å². The molecule has 0 radical (unpaired) electrons. The molecule has 0 spiro atoms. The highest BCUT2D eigenvalue weighted by atomic mass is 32.1. The highest BCUT2D eigenvalue weighted by molar-refractivity contribution is 7.96. The van der Waals surface area contributed by atoms with E-state index in [1.807, 2.05) is 58.0 Å². The van der Waals surface area contributed by atoms with Crippen LogP contribution in [0.1, 0.15) is 39.7 Å². The maximum atomic E-state index is 12.5. The summed E-state index contributed by atoms with van der Waals surface area (Å²) in [6, 6.07) is 7.77. The zero-order valence-electron chi connectivity index (χ0n) is 15.7. The summed E-state index contributed by atoms with van der Waals surface area (Å²) in [4.78, 5) is 36.2. The van der Waals surface area contributed by atoms with Crippen LogP contribution in [0.25, 0.3) is 0 Å². The molecule has 0 unspecified atom stereocenters. The van der Waals surface area contributed by atoms with Crippen molar-refractivity contribution in [3.8, 4) is 0 Å². The molecule has 26 heavy (non-hydrogen) atoms. The largest absolute Gasteiger partial charge is 0.445 e. The Hall–Kier alpha value is -2.02. The van der Waals surface area contributed by atoms with E-state index in [1.54, 1.807) is 0 Å². The second-order valence-corrected chi connectivity index (χ2v) is 7.40. The average Bonchev–Trinajstić information content (AvgIpc) is 2.57. The van der Waals surface area contributed by atoms with Gasteiger partial charge in [0.25, 0.3) is 0 Å². The number of ether oxygens (including phenoxy) is 1. The molecule has 2 N–H and O–H groups in total. The predicted octanol–water partition coefficient (Wildman–Crippen LogP) is 2.92. The van der Waals surface area contributed by atoms with Crippen LogP contribution in [0.15, 0.2) is 30.3 Å². The van der Waals surface area contributed by atoms with Gasteiger partial charge in [-0.25, -0.2) is 4.79 Å². The van der Waals surface area contributed by atoms with Gasteiger partial charge in [-0.2, -0.15) is 0 Å². The van der Waals surface area contributed by atoms with Gasteiger partial charge in [0.05, 0.1) is 6.04 Å². The van der Waals surface area contributed by atoms with Crippen molar-refractivity contribution < 1.29 is 19.1 Å². The molecule has 0 aliphatic rings. The zero-order chi connectivity index (χ0) is 19.7. The Morgan fingerprint density at radius 2 is 1.65 bits per heavy atom. The second kappa shape index (κ2) is 10.9. The number of alkyl carbamates (subject to hydrolysis) is 1. The van der Waals surface area contributed by atoms with Crippen LogP contribution < -0.4 is 10.6 Å². The first kappa shape index (κ1) is 22.0. The van der Waals surface area contributed by atoms with Crippen LogP contribution >= 0.6 is 12.6 Å². The van der Waals surface area contributed by atoms with Crippen molar-refractivity contribution in [2.45, 2.75) is 52.8 Å². The molecule has 1 rings (SSSR count). The number of carbonyl (C=O) groups excluding carboxylic acids is 3. The number of rotatable bonds is 9. The fourth-order valence-corrected chi connectivity index (χ4v) is 2.55. The Bertz CT molecular complexity index is 605. The Kier molecular flexibility index (Phi) is 9.19. The van der Waals surface area contributed by atoms with E-state index in [0.717, 1.165) is 5.56 Å². The monoisotopic (exact) mass is 380 g/mol. The smallest absolute Gasteiger partial charge is 0.408 e. The van der Waals surface area contributed by atoms with Crippen molar-refractivity contribution in [3.63, 3.8) is 0 Å². The van der Waals surface area contributed by atoms with E-state index in [-0.39, 0.29) is 18.4 Å². The van der Waals surface area contributed by atoms with Crippen LogP contribution in [0.2, 0.25) is 0 Å². The lowest BCUT2D eigenvalue weighted by Crippen LogP contribution is -2.53. The minimum absolute atomic E-state index is 0.115. The normalized spacial score (nSPS) is 13.2. The van der Waals surface area contributed by atoms with Crippen LogP contribution in [0.3, 0.4) is 0 Å². The highest BCUT2D eigenvalue weighted by Gasteiger charge is 2.28. The first-order valence-corrected chi connectivity index (χ1v) is 9.15. The molecule has 0 saturated carbocycles. The summed E-state index contributed by atoms with van der Waals surface area (Å²) >= 11 is 3.84. The minimum Gasteiger partial charge on any atom is -0.445 e. The molecule has 1 aromatic carbocycles. The SMILES string of the molecule is CC(C)C[C@H](NC(=O)[C@@H](NC(=O)OCc1ccccc1)C(C)C)C(=O)S. The van der Waals surface area contributed by atoms with E-state index >= 15 is 0 Å². The van der Waals surface area contributed by atoms with Crippen molar-refractivity contribution in [2.24, 2.45) is 11.8 Å². The van der Waals surface area contributed by atoms with Gasteiger partial charge in [0.1, 0.15) is 12.6 Å². The standard InChI is InChI=1S/C19H28N2O4S/c1-12(2)10-15(18(23)26)20-17(22)16(13(3)4)21-19(24)25-11-14-8-6-5-7-9-14/h5-9,12-13,15-16H,10-11H2,1-4H3,(H,20,22)(H,21,24)(H,23,26)/t15-,16-/m0/s1. The highest BCUT2D eigenvalue weighted by Crippen LogP contribution is 2.10. The lowest BCUT2D eigenvalue weighted by atomic mass is 10.0. The second-order valence-electron chi connectivity index (χ2n) is 6.96. The summed E-state index contributed by atoms with van der Waals surface area (Å²) in [5.74, 6) is -0.378. The first-order chi connectivity index (χ1) is 12.2. The van der Waals surface area contributed by atoms with Gasteiger partial charge in [0.15, 0.2) is 0 Å². The fraction of sp³-hybridized carbons (Fsp3) is 0.526. The Morgan fingerprint density at radius 1 is 1.04 bits per heavy atom. The van der Waals surface area contributed by atoms with Crippen molar-refractivity contribution >= 4 is 29.7 Å². The molecule has 0 bridgehead atoms. The van der Waals surface area contributed by atoms with Gasteiger partial charge in [0.2, 0.25) is 11.0 Å². The lowest BCUT2D eigenvalue weighted by molar-refractivity contribution is -0.127. The third kappa shape index (κ3) is 7.91.